The number of rotatable bonds is 2. The lowest BCUT2D eigenvalue weighted by Gasteiger charge is -2.07. The van der Waals surface area contributed by atoms with E-state index >= 15 is 0 Å². The Labute approximate surface area is 88.6 Å². The fourth-order valence-corrected chi connectivity index (χ4v) is 1.53. The van der Waals surface area contributed by atoms with Crippen molar-refractivity contribution < 1.29 is 9.53 Å². The minimum Gasteiger partial charge on any atom is -0.495 e. The highest BCUT2D eigenvalue weighted by molar-refractivity contribution is 5.96. The van der Waals surface area contributed by atoms with Gasteiger partial charge < -0.3 is 15.4 Å². The Morgan fingerprint density at radius 3 is 2.80 bits per heavy atom. The number of methoxy groups -OCH3 is 1. The van der Waals surface area contributed by atoms with Crippen molar-refractivity contribution in [3.8, 4) is 5.75 Å². The molecule has 1 aliphatic rings. The first kappa shape index (κ1) is 9.83. The van der Waals surface area contributed by atoms with Gasteiger partial charge in [-0.05, 0) is 25.1 Å². The van der Waals surface area contributed by atoms with Crippen molar-refractivity contribution in [1.82, 2.24) is 4.90 Å². The van der Waals surface area contributed by atoms with Crippen LogP contribution in [-0.2, 0) is 0 Å². The minimum atomic E-state index is 0.0424. The summed E-state index contributed by atoms with van der Waals surface area (Å²) in [5.41, 5.74) is 6.85. The van der Waals surface area contributed by atoms with E-state index in [-0.39, 0.29) is 5.91 Å². The number of nitrogens with two attached hydrogens (primary N) is 1. The van der Waals surface area contributed by atoms with Crippen LogP contribution in [0.4, 0.5) is 5.69 Å². The van der Waals surface area contributed by atoms with E-state index in [0.29, 0.717) is 23.0 Å². The number of benzene rings is 1. The summed E-state index contributed by atoms with van der Waals surface area (Å²) in [5, 5.41) is 0. The lowest BCUT2D eigenvalue weighted by atomic mass is 10.2. The van der Waals surface area contributed by atoms with Gasteiger partial charge in [0.2, 0.25) is 0 Å². The van der Waals surface area contributed by atoms with E-state index < -0.39 is 0 Å². The van der Waals surface area contributed by atoms with Gasteiger partial charge in [-0.25, -0.2) is 0 Å². The summed E-state index contributed by atoms with van der Waals surface area (Å²) in [4.78, 5) is 13.6. The number of nitrogens with zero attached hydrogens (tertiary/aromatic N) is 1. The highest BCUT2D eigenvalue weighted by atomic mass is 16.5. The van der Waals surface area contributed by atoms with E-state index in [1.807, 2.05) is 6.92 Å². The van der Waals surface area contributed by atoms with Gasteiger partial charge in [0, 0.05) is 18.2 Å². The zero-order chi connectivity index (χ0) is 11.0. The third kappa shape index (κ3) is 1.75. The largest absolute Gasteiger partial charge is 0.495 e. The van der Waals surface area contributed by atoms with Crippen LogP contribution in [0, 0.1) is 0 Å². The van der Waals surface area contributed by atoms with Crippen molar-refractivity contribution in [2.45, 2.75) is 13.0 Å². The number of anilines is 1. The molecule has 0 bridgehead atoms. The summed E-state index contributed by atoms with van der Waals surface area (Å²) in [6, 6.07) is 5.47. The van der Waals surface area contributed by atoms with Gasteiger partial charge in [-0.15, -0.1) is 0 Å². The van der Waals surface area contributed by atoms with Gasteiger partial charge in [-0.1, -0.05) is 0 Å². The molecule has 4 nitrogen and oxygen atoms in total. The first-order chi connectivity index (χ1) is 7.13. The third-order valence-electron chi connectivity index (χ3n) is 2.60. The smallest absolute Gasteiger partial charge is 0.254 e. The fourth-order valence-electron chi connectivity index (χ4n) is 1.53. The summed E-state index contributed by atoms with van der Waals surface area (Å²) >= 11 is 0. The summed E-state index contributed by atoms with van der Waals surface area (Å²) in [6.45, 7) is 2.86. The molecule has 1 aromatic rings. The Morgan fingerprint density at radius 1 is 1.60 bits per heavy atom. The molecule has 0 radical (unpaired) electrons. The van der Waals surface area contributed by atoms with E-state index in [0.717, 1.165) is 6.54 Å². The SMILES string of the molecule is COc1cc(C(=O)N2CC2C)ccc1N. The predicted molar refractivity (Wildman–Crippen MR) is 57.9 cm³/mol. The average Bonchev–Trinajstić information content (AvgIpc) is 2.95. The molecule has 0 spiro atoms. The maximum atomic E-state index is 11.8. The Hall–Kier alpha value is -1.71. The molecule has 1 atom stereocenters. The molecule has 1 heterocycles. The molecular weight excluding hydrogens is 192 g/mol. The lowest BCUT2D eigenvalue weighted by Crippen LogP contribution is -2.12. The highest BCUT2D eigenvalue weighted by Gasteiger charge is 2.34. The molecule has 1 fully saturated rings. The molecule has 80 valence electrons. The van der Waals surface area contributed by atoms with Crippen LogP contribution in [0.1, 0.15) is 17.3 Å². The van der Waals surface area contributed by atoms with Gasteiger partial charge in [-0.3, -0.25) is 4.79 Å². The van der Waals surface area contributed by atoms with Gasteiger partial charge in [0.25, 0.3) is 5.91 Å². The summed E-state index contributed by atoms with van der Waals surface area (Å²) in [7, 11) is 1.54. The van der Waals surface area contributed by atoms with Crippen molar-refractivity contribution >= 4 is 11.6 Å². The molecule has 2 rings (SSSR count). The molecule has 15 heavy (non-hydrogen) atoms. The topological polar surface area (TPSA) is 55.3 Å². The molecule has 0 aliphatic carbocycles. The average molecular weight is 206 g/mol. The van der Waals surface area contributed by atoms with Gasteiger partial charge in [0.1, 0.15) is 5.75 Å². The monoisotopic (exact) mass is 206 g/mol. The van der Waals surface area contributed by atoms with Gasteiger partial charge >= 0.3 is 0 Å². The van der Waals surface area contributed by atoms with Crippen LogP contribution in [0.15, 0.2) is 18.2 Å². The highest BCUT2D eigenvalue weighted by Crippen LogP contribution is 2.26. The van der Waals surface area contributed by atoms with E-state index in [1.54, 1.807) is 30.2 Å². The van der Waals surface area contributed by atoms with Crippen LogP contribution < -0.4 is 10.5 Å². The molecule has 0 aromatic heterocycles. The zero-order valence-corrected chi connectivity index (χ0v) is 8.86. The standard InChI is InChI=1S/C11H14N2O2/c1-7-6-13(7)11(14)8-3-4-9(12)10(5-8)15-2/h3-5,7H,6,12H2,1-2H3. The van der Waals surface area contributed by atoms with Crippen LogP contribution in [0.5, 0.6) is 5.75 Å². The van der Waals surface area contributed by atoms with Crippen molar-refractivity contribution in [3.63, 3.8) is 0 Å². The predicted octanol–water partition coefficient (Wildman–Crippen LogP) is 1.12. The normalized spacial score (nSPS) is 18.8. The quantitative estimate of drug-likeness (QED) is 0.582. The maximum Gasteiger partial charge on any atom is 0.254 e. The molecule has 4 heteroatoms. The van der Waals surface area contributed by atoms with E-state index in [9.17, 15) is 4.79 Å². The third-order valence-corrected chi connectivity index (χ3v) is 2.60. The molecule has 1 aromatic carbocycles. The second-order valence-corrected chi connectivity index (χ2v) is 3.76. The van der Waals surface area contributed by atoms with E-state index in [1.165, 1.54) is 0 Å². The van der Waals surface area contributed by atoms with Crippen molar-refractivity contribution in [2.24, 2.45) is 0 Å². The van der Waals surface area contributed by atoms with Crippen LogP contribution in [0.3, 0.4) is 0 Å². The molecule has 1 unspecified atom stereocenters. The number of nitrogen functional groups attached to an aromatic ring is 1. The summed E-state index contributed by atoms with van der Waals surface area (Å²) in [6.07, 6.45) is 0. The van der Waals surface area contributed by atoms with Crippen molar-refractivity contribution in [1.29, 1.82) is 0 Å². The van der Waals surface area contributed by atoms with Gasteiger partial charge in [0.05, 0.1) is 12.8 Å². The molecule has 2 N–H and O–H groups in total. The zero-order valence-electron chi connectivity index (χ0n) is 8.86. The minimum absolute atomic E-state index is 0.0424. The van der Waals surface area contributed by atoms with Crippen LogP contribution in [-0.4, -0.2) is 30.5 Å². The van der Waals surface area contributed by atoms with Crippen LogP contribution in [0.25, 0.3) is 0 Å². The molecule has 0 saturated carbocycles. The number of amides is 1. The van der Waals surface area contributed by atoms with Crippen molar-refractivity contribution in [2.75, 3.05) is 19.4 Å². The number of hydrogen-bond acceptors (Lipinski definition) is 3. The maximum absolute atomic E-state index is 11.8. The summed E-state index contributed by atoms with van der Waals surface area (Å²) < 4.78 is 5.07. The Kier molecular flexibility index (Phi) is 2.26. The molecule has 1 saturated heterocycles. The van der Waals surface area contributed by atoms with E-state index in [2.05, 4.69) is 0 Å². The number of carbonyl (C=O) groups is 1. The first-order valence-corrected chi connectivity index (χ1v) is 4.88. The number of hydrogen-bond donors (Lipinski definition) is 1. The Balaban J connectivity index is 2.25. The lowest BCUT2D eigenvalue weighted by molar-refractivity contribution is 0.0876. The first-order valence-electron chi connectivity index (χ1n) is 4.88. The van der Waals surface area contributed by atoms with Crippen LogP contribution in [0.2, 0.25) is 0 Å². The second-order valence-electron chi connectivity index (χ2n) is 3.76. The van der Waals surface area contributed by atoms with Crippen molar-refractivity contribution in [3.05, 3.63) is 23.8 Å². The Bertz CT molecular complexity index is 404. The molecular formula is C11H14N2O2. The van der Waals surface area contributed by atoms with E-state index in [4.69, 9.17) is 10.5 Å². The molecule has 1 aliphatic heterocycles. The fraction of sp³-hybridized carbons (Fsp3) is 0.364. The number of ether oxygens (including phenoxy) is 1. The second kappa shape index (κ2) is 3.46. The molecule has 1 amide bonds. The van der Waals surface area contributed by atoms with Crippen LogP contribution >= 0.6 is 0 Å². The van der Waals surface area contributed by atoms with Gasteiger partial charge in [0.15, 0.2) is 0 Å². The van der Waals surface area contributed by atoms with Gasteiger partial charge in [-0.2, -0.15) is 0 Å². The number of carbonyl (C=O) groups excluding carboxylic acids is 1. The summed E-state index contributed by atoms with van der Waals surface area (Å²) in [5.74, 6) is 0.594. The Morgan fingerprint density at radius 2 is 2.27 bits per heavy atom.